The Balaban J connectivity index is 2.30. The Bertz CT molecular complexity index is 765. The van der Waals surface area contributed by atoms with Crippen molar-refractivity contribution in [3.05, 3.63) is 54.1 Å². The minimum atomic E-state index is 0.348. The summed E-state index contributed by atoms with van der Waals surface area (Å²) in [5.41, 5.74) is 1.93. The molecule has 3 rings (SSSR count). The second-order valence-corrected chi connectivity index (χ2v) is 4.05. The highest BCUT2D eigenvalue weighted by Gasteiger charge is 2.09. The van der Waals surface area contributed by atoms with Crippen LogP contribution >= 0.6 is 0 Å². The van der Waals surface area contributed by atoms with Crippen molar-refractivity contribution >= 4 is 10.9 Å². The van der Waals surface area contributed by atoms with Gasteiger partial charge in [0.05, 0.1) is 5.52 Å². The Morgan fingerprint density at radius 1 is 1.28 bits per heavy atom. The molecule has 0 spiro atoms. The molecule has 0 saturated carbocycles. The normalized spacial score (nSPS) is 10.4. The number of pyridine rings is 1. The first-order valence-electron chi connectivity index (χ1n) is 5.60. The van der Waals surface area contributed by atoms with Crippen molar-refractivity contribution in [3.63, 3.8) is 0 Å². The van der Waals surface area contributed by atoms with Crippen LogP contribution in [0.1, 0.15) is 11.4 Å². The van der Waals surface area contributed by atoms with Gasteiger partial charge in [0, 0.05) is 17.8 Å². The van der Waals surface area contributed by atoms with Gasteiger partial charge in [0.2, 0.25) is 5.82 Å². The zero-order valence-corrected chi connectivity index (χ0v) is 9.83. The van der Waals surface area contributed by atoms with Crippen molar-refractivity contribution in [2.75, 3.05) is 0 Å². The molecule has 2 aromatic heterocycles. The molecule has 4 nitrogen and oxygen atoms in total. The van der Waals surface area contributed by atoms with E-state index in [0.29, 0.717) is 5.82 Å². The fourth-order valence-corrected chi connectivity index (χ4v) is 2.01. The van der Waals surface area contributed by atoms with E-state index < -0.39 is 0 Å². The topological polar surface area (TPSA) is 54.5 Å². The highest BCUT2D eigenvalue weighted by Crippen LogP contribution is 2.19. The van der Waals surface area contributed by atoms with Crippen LogP contribution in [0.5, 0.6) is 0 Å². The quantitative estimate of drug-likeness (QED) is 0.650. The third-order valence-corrected chi connectivity index (χ3v) is 2.86. The summed E-state index contributed by atoms with van der Waals surface area (Å²) >= 11 is 0. The van der Waals surface area contributed by atoms with Crippen LogP contribution in [0.4, 0.5) is 0 Å². The molecular formula is C14H10N4. The maximum absolute atomic E-state index is 9.01. The molecule has 0 saturated heterocycles. The lowest BCUT2D eigenvalue weighted by Crippen LogP contribution is -2.02. The number of para-hydroxylation sites is 1. The summed E-state index contributed by atoms with van der Waals surface area (Å²) in [5, 5.41) is 10.1. The molecule has 4 heteroatoms. The van der Waals surface area contributed by atoms with Crippen molar-refractivity contribution in [3.8, 4) is 11.9 Å². The number of hydrogen-bond donors (Lipinski definition) is 0. The predicted molar refractivity (Wildman–Crippen MR) is 68.3 cm³/mol. The lowest BCUT2D eigenvalue weighted by molar-refractivity contribution is 0.963. The van der Waals surface area contributed by atoms with Gasteiger partial charge in [-0.05, 0) is 24.6 Å². The lowest BCUT2D eigenvalue weighted by atomic mass is 10.1. The molecule has 0 fully saturated rings. The van der Waals surface area contributed by atoms with Crippen LogP contribution in [0, 0.1) is 18.3 Å². The largest absolute Gasteiger partial charge is 0.275 e. The van der Waals surface area contributed by atoms with E-state index in [1.165, 1.54) is 0 Å². The minimum Gasteiger partial charge on any atom is -0.275 e. The van der Waals surface area contributed by atoms with Crippen LogP contribution in [0.3, 0.4) is 0 Å². The van der Waals surface area contributed by atoms with E-state index in [4.69, 9.17) is 5.26 Å². The zero-order valence-electron chi connectivity index (χ0n) is 9.83. The van der Waals surface area contributed by atoms with Gasteiger partial charge in [-0.15, -0.1) is 0 Å². The molecule has 0 unspecified atom stereocenters. The van der Waals surface area contributed by atoms with E-state index in [-0.39, 0.29) is 0 Å². The maximum Gasteiger partial charge on any atom is 0.218 e. The monoisotopic (exact) mass is 234 g/mol. The molecule has 2 heterocycles. The van der Waals surface area contributed by atoms with Gasteiger partial charge in [-0.25, -0.2) is 9.97 Å². The summed E-state index contributed by atoms with van der Waals surface area (Å²) in [7, 11) is 0. The van der Waals surface area contributed by atoms with E-state index in [2.05, 4.69) is 22.1 Å². The summed E-state index contributed by atoms with van der Waals surface area (Å²) in [6.45, 7) is 1.98. The van der Waals surface area contributed by atoms with Gasteiger partial charge in [0.1, 0.15) is 11.9 Å². The zero-order chi connectivity index (χ0) is 12.5. The van der Waals surface area contributed by atoms with E-state index >= 15 is 0 Å². The standard InChI is InChI=1S/C14H10N4/c1-10-8-11-4-2-3-5-12(11)17-14(10)18-7-6-16-13(18)9-15/h2-8H,1H3. The third kappa shape index (κ3) is 1.54. The van der Waals surface area contributed by atoms with Crippen molar-refractivity contribution in [1.82, 2.24) is 14.5 Å². The van der Waals surface area contributed by atoms with Crippen molar-refractivity contribution in [2.45, 2.75) is 6.92 Å². The molecule has 0 aliphatic rings. The molecule has 0 amide bonds. The van der Waals surface area contributed by atoms with Gasteiger partial charge in [0.15, 0.2) is 0 Å². The van der Waals surface area contributed by atoms with Crippen molar-refractivity contribution < 1.29 is 0 Å². The third-order valence-electron chi connectivity index (χ3n) is 2.86. The van der Waals surface area contributed by atoms with Crippen LogP contribution in [0.2, 0.25) is 0 Å². The Morgan fingerprint density at radius 3 is 2.94 bits per heavy atom. The number of benzene rings is 1. The molecule has 0 radical (unpaired) electrons. The van der Waals surface area contributed by atoms with Crippen LogP contribution in [-0.4, -0.2) is 14.5 Å². The van der Waals surface area contributed by atoms with Gasteiger partial charge in [-0.1, -0.05) is 18.2 Å². The lowest BCUT2D eigenvalue weighted by Gasteiger charge is -2.08. The van der Waals surface area contributed by atoms with Crippen LogP contribution in [0.25, 0.3) is 16.7 Å². The van der Waals surface area contributed by atoms with Crippen LogP contribution < -0.4 is 0 Å². The first-order chi connectivity index (χ1) is 8.79. The number of imidazole rings is 1. The SMILES string of the molecule is Cc1cc2ccccc2nc1-n1ccnc1C#N. The van der Waals surface area contributed by atoms with E-state index in [9.17, 15) is 0 Å². The predicted octanol–water partition coefficient (Wildman–Crippen LogP) is 2.60. The smallest absolute Gasteiger partial charge is 0.218 e. The minimum absolute atomic E-state index is 0.348. The molecule has 0 N–H and O–H groups in total. The molecule has 3 aromatic rings. The summed E-state index contributed by atoms with van der Waals surface area (Å²) in [4.78, 5) is 8.59. The number of fused-ring (bicyclic) bond motifs is 1. The maximum atomic E-state index is 9.01. The van der Waals surface area contributed by atoms with Gasteiger partial charge in [0.25, 0.3) is 0 Å². The van der Waals surface area contributed by atoms with Crippen molar-refractivity contribution in [1.29, 1.82) is 5.26 Å². The number of aryl methyl sites for hydroxylation is 1. The molecule has 0 aliphatic carbocycles. The summed E-state index contributed by atoms with van der Waals surface area (Å²) in [6.07, 6.45) is 3.36. The number of hydrogen-bond acceptors (Lipinski definition) is 3. The molecule has 0 bridgehead atoms. The van der Waals surface area contributed by atoms with E-state index in [1.54, 1.807) is 17.0 Å². The average molecular weight is 234 g/mol. The Labute approximate surface area is 104 Å². The van der Waals surface area contributed by atoms with Gasteiger partial charge in [-0.3, -0.25) is 4.57 Å². The summed E-state index contributed by atoms with van der Waals surface area (Å²) in [6, 6.07) is 12.1. The average Bonchev–Trinajstić information content (AvgIpc) is 2.86. The number of aromatic nitrogens is 3. The molecule has 18 heavy (non-hydrogen) atoms. The van der Waals surface area contributed by atoms with Gasteiger partial charge in [-0.2, -0.15) is 5.26 Å². The second kappa shape index (κ2) is 3.97. The van der Waals surface area contributed by atoms with E-state index in [1.807, 2.05) is 31.2 Å². The second-order valence-electron chi connectivity index (χ2n) is 4.05. The summed E-state index contributed by atoms with van der Waals surface area (Å²) < 4.78 is 1.71. The number of rotatable bonds is 1. The highest BCUT2D eigenvalue weighted by molar-refractivity contribution is 5.80. The molecule has 1 aromatic carbocycles. The van der Waals surface area contributed by atoms with E-state index in [0.717, 1.165) is 22.3 Å². The fraction of sp³-hybridized carbons (Fsp3) is 0.0714. The van der Waals surface area contributed by atoms with Crippen molar-refractivity contribution in [2.24, 2.45) is 0 Å². The Morgan fingerprint density at radius 2 is 2.11 bits per heavy atom. The molecular weight excluding hydrogens is 224 g/mol. The first kappa shape index (κ1) is 10.5. The van der Waals surface area contributed by atoms with Crippen LogP contribution in [0.15, 0.2) is 42.7 Å². The van der Waals surface area contributed by atoms with Crippen LogP contribution in [-0.2, 0) is 0 Å². The number of nitriles is 1. The van der Waals surface area contributed by atoms with Gasteiger partial charge >= 0.3 is 0 Å². The number of nitrogens with zero attached hydrogens (tertiary/aromatic N) is 4. The Kier molecular flexibility index (Phi) is 2.31. The fourth-order valence-electron chi connectivity index (χ4n) is 2.01. The Hall–Kier alpha value is -2.67. The first-order valence-corrected chi connectivity index (χ1v) is 5.60. The molecule has 86 valence electrons. The molecule has 0 aliphatic heterocycles. The van der Waals surface area contributed by atoms with Gasteiger partial charge < -0.3 is 0 Å². The molecule has 0 atom stereocenters. The summed E-state index contributed by atoms with van der Waals surface area (Å²) in [5.74, 6) is 1.10. The highest BCUT2D eigenvalue weighted by atomic mass is 15.1.